The highest BCUT2D eigenvalue weighted by Gasteiger charge is 2.30. The smallest absolute Gasteiger partial charge is 0.167 e. The van der Waals surface area contributed by atoms with E-state index in [1.807, 2.05) is 0 Å². The number of rotatable bonds is 4. The van der Waals surface area contributed by atoms with Crippen LogP contribution in [0.4, 0.5) is 0 Å². The van der Waals surface area contributed by atoms with Crippen LogP contribution >= 0.6 is 0 Å². The van der Waals surface area contributed by atoms with Gasteiger partial charge in [-0.05, 0) is 56.3 Å². The van der Waals surface area contributed by atoms with Crippen molar-refractivity contribution in [1.29, 1.82) is 0 Å². The Morgan fingerprint density at radius 2 is 2.21 bits per heavy atom. The normalized spacial score (nSPS) is 34.7. The molecule has 0 amide bonds. The molecule has 1 fully saturated rings. The molecule has 3 atom stereocenters. The second-order valence-electron chi connectivity index (χ2n) is 4.74. The zero-order valence-electron chi connectivity index (χ0n) is 8.61. The van der Waals surface area contributed by atoms with Crippen molar-refractivity contribution in [3.05, 3.63) is 12.2 Å². The maximum Gasteiger partial charge on any atom is 0.167 e. The molecule has 2 radical (unpaired) electrons. The zero-order chi connectivity index (χ0) is 9.97. The minimum Gasteiger partial charge on any atom is -0.313 e. The summed E-state index contributed by atoms with van der Waals surface area (Å²) in [6, 6.07) is 0. The minimum atomic E-state index is -0.151. The van der Waals surface area contributed by atoms with Crippen LogP contribution in [0.25, 0.3) is 0 Å². The van der Waals surface area contributed by atoms with E-state index in [1.165, 1.54) is 25.7 Å². The van der Waals surface area contributed by atoms with Crippen LogP contribution < -0.4 is 0 Å². The van der Waals surface area contributed by atoms with Gasteiger partial charge in [-0.15, -0.1) is 0 Å². The van der Waals surface area contributed by atoms with E-state index in [0.717, 1.165) is 24.2 Å². The van der Waals surface area contributed by atoms with Gasteiger partial charge in [-0.3, -0.25) is 0 Å². The molecule has 0 aromatic rings. The van der Waals surface area contributed by atoms with Crippen molar-refractivity contribution in [3.8, 4) is 0 Å². The summed E-state index contributed by atoms with van der Waals surface area (Å²) >= 11 is 0. The van der Waals surface area contributed by atoms with Crippen LogP contribution in [-0.4, -0.2) is 13.5 Å². The Hall–Kier alpha value is -0.525. The highest BCUT2D eigenvalue weighted by atomic mass is 16.1. The third-order valence-electron chi connectivity index (χ3n) is 3.71. The third kappa shape index (κ3) is 2.28. The van der Waals surface area contributed by atoms with Gasteiger partial charge in [-0.25, -0.2) is 0 Å². The van der Waals surface area contributed by atoms with Gasteiger partial charge in [0, 0.05) is 0 Å². The predicted molar refractivity (Wildman–Crippen MR) is 58.1 cm³/mol. The molecule has 2 bridgehead atoms. The van der Waals surface area contributed by atoms with Gasteiger partial charge in [0.25, 0.3) is 0 Å². The van der Waals surface area contributed by atoms with Crippen LogP contribution in [-0.2, 0) is 4.79 Å². The van der Waals surface area contributed by atoms with Crippen molar-refractivity contribution < 1.29 is 4.79 Å². The van der Waals surface area contributed by atoms with Crippen LogP contribution in [0.15, 0.2) is 12.2 Å². The molecule has 0 aliphatic heterocycles. The highest BCUT2D eigenvalue weighted by molar-refractivity contribution is 6.57. The number of allylic oxidation sites excluding steroid dienone is 2. The Morgan fingerprint density at radius 3 is 2.71 bits per heavy atom. The Balaban J connectivity index is 1.77. The first-order valence-corrected chi connectivity index (χ1v) is 5.72. The SMILES string of the molecule is [B]C(=O)CCCC1CC2C=CC1CC2. The van der Waals surface area contributed by atoms with Crippen LogP contribution in [0.3, 0.4) is 0 Å². The monoisotopic (exact) mass is 188 g/mol. The summed E-state index contributed by atoms with van der Waals surface area (Å²) in [7, 11) is 5.13. The van der Waals surface area contributed by atoms with Gasteiger partial charge in [0.2, 0.25) is 0 Å². The predicted octanol–water partition coefficient (Wildman–Crippen LogP) is 2.45. The van der Waals surface area contributed by atoms with E-state index >= 15 is 0 Å². The van der Waals surface area contributed by atoms with Gasteiger partial charge in [0.05, 0.1) is 5.68 Å². The largest absolute Gasteiger partial charge is 0.313 e. The van der Waals surface area contributed by atoms with E-state index in [-0.39, 0.29) is 5.68 Å². The molecule has 1 nitrogen and oxygen atoms in total. The molecule has 0 aromatic carbocycles. The maximum atomic E-state index is 10.6. The number of hydrogen-bond acceptors (Lipinski definition) is 1. The second kappa shape index (κ2) is 4.33. The number of fused-ring (bicyclic) bond motifs is 2. The summed E-state index contributed by atoms with van der Waals surface area (Å²) in [6.07, 6.45) is 11.6. The summed E-state index contributed by atoms with van der Waals surface area (Å²) in [5.41, 5.74) is -0.151. The molecule has 74 valence electrons. The molecule has 1 saturated carbocycles. The fourth-order valence-corrected chi connectivity index (χ4v) is 2.92. The van der Waals surface area contributed by atoms with Crippen LogP contribution in [0.5, 0.6) is 0 Å². The lowest BCUT2D eigenvalue weighted by Gasteiger charge is -2.38. The Kier molecular flexibility index (Phi) is 3.10. The van der Waals surface area contributed by atoms with E-state index in [1.54, 1.807) is 0 Å². The van der Waals surface area contributed by atoms with Gasteiger partial charge < -0.3 is 4.79 Å². The molecule has 2 heteroatoms. The number of carbonyl (C=O) groups excluding carboxylic acids is 1. The molecule has 0 spiro atoms. The molecule has 3 unspecified atom stereocenters. The maximum absolute atomic E-state index is 10.6. The van der Waals surface area contributed by atoms with Gasteiger partial charge in [-0.1, -0.05) is 12.2 Å². The average molecular weight is 188 g/mol. The lowest BCUT2D eigenvalue weighted by atomic mass is 9.67. The quantitative estimate of drug-likeness (QED) is 0.489. The topological polar surface area (TPSA) is 17.1 Å². The number of carbonyl (C=O) groups is 1. The first-order chi connectivity index (χ1) is 6.75. The second-order valence-corrected chi connectivity index (χ2v) is 4.74. The average Bonchev–Trinajstić information content (AvgIpc) is 2.19. The molecule has 0 heterocycles. The van der Waals surface area contributed by atoms with Gasteiger partial charge in [0.1, 0.15) is 0 Å². The Labute approximate surface area is 87.4 Å². The van der Waals surface area contributed by atoms with E-state index in [9.17, 15) is 4.79 Å². The minimum absolute atomic E-state index is 0.151. The van der Waals surface area contributed by atoms with Crippen molar-refractivity contribution in [2.45, 2.75) is 38.5 Å². The fraction of sp³-hybridized carbons (Fsp3) is 0.750. The first kappa shape index (κ1) is 10.0. The summed E-state index contributed by atoms with van der Waals surface area (Å²) < 4.78 is 0. The van der Waals surface area contributed by atoms with Crippen molar-refractivity contribution in [2.75, 3.05) is 0 Å². The third-order valence-corrected chi connectivity index (χ3v) is 3.71. The number of hydrogen-bond donors (Lipinski definition) is 0. The summed E-state index contributed by atoms with van der Waals surface area (Å²) in [4.78, 5) is 10.6. The lowest BCUT2D eigenvalue weighted by molar-refractivity contribution is -0.111. The summed E-state index contributed by atoms with van der Waals surface area (Å²) in [6.45, 7) is 0. The van der Waals surface area contributed by atoms with E-state index in [0.29, 0.717) is 6.42 Å². The van der Waals surface area contributed by atoms with E-state index in [4.69, 9.17) is 7.85 Å². The summed E-state index contributed by atoms with van der Waals surface area (Å²) in [5, 5.41) is 0. The van der Waals surface area contributed by atoms with Gasteiger partial charge in [0.15, 0.2) is 7.85 Å². The molecule has 3 aliphatic rings. The molecular weight excluding hydrogens is 171 g/mol. The molecule has 14 heavy (non-hydrogen) atoms. The first-order valence-electron chi connectivity index (χ1n) is 5.72. The van der Waals surface area contributed by atoms with E-state index < -0.39 is 0 Å². The van der Waals surface area contributed by atoms with Crippen LogP contribution in [0, 0.1) is 17.8 Å². The molecule has 0 saturated heterocycles. The van der Waals surface area contributed by atoms with Crippen molar-refractivity contribution in [1.82, 2.24) is 0 Å². The van der Waals surface area contributed by atoms with Crippen LogP contribution in [0.1, 0.15) is 38.5 Å². The van der Waals surface area contributed by atoms with E-state index in [2.05, 4.69) is 12.2 Å². The standard InChI is InChI=1S/C12H17BO/c13-12(14)3-1-2-11-8-9-4-6-10(11)7-5-9/h4,6,9-11H,1-3,5,7-8H2. The molecule has 3 rings (SSSR count). The zero-order valence-corrected chi connectivity index (χ0v) is 8.61. The highest BCUT2D eigenvalue weighted by Crippen LogP contribution is 2.42. The Bertz CT molecular complexity index is 247. The molecule has 3 aliphatic carbocycles. The fourth-order valence-electron chi connectivity index (χ4n) is 2.92. The molecule has 0 aromatic heterocycles. The summed E-state index contributed by atoms with van der Waals surface area (Å²) in [5.74, 6) is 2.46. The van der Waals surface area contributed by atoms with Crippen molar-refractivity contribution in [2.24, 2.45) is 17.8 Å². The van der Waals surface area contributed by atoms with Crippen molar-refractivity contribution >= 4 is 13.5 Å². The lowest BCUT2D eigenvalue weighted by Crippen LogP contribution is -2.27. The molecular formula is C12H17BO. The van der Waals surface area contributed by atoms with Crippen molar-refractivity contribution in [3.63, 3.8) is 0 Å². The molecule has 0 N–H and O–H groups in total. The van der Waals surface area contributed by atoms with Crippen LogP contribution in [0.2, 0.25) is 0 Å². The van der Waals surface area contributed by atoms with Gasteiger partial charge in [-0.2, -0.15) is 0 Å². The van der Waals surface area contributed by atoms with Gasteiger partial charge >= 0.3 is 0 Å². The Morgan fingerprint density at radius 1 is 1.36 bits per heavy atom.